The molecule has 0 spiro atoms. The molecule has 1 aliphatic rings. The van der Waals surface area contributed by atoms with Gasteiger partial charge in [-0.05, 0) is 93.7 Å². The molecule has 0 nitrogen and oxygen atoms in total. The average molecular weight is 521 g/mol. The van der Waals surface area contributed by atoms with Crippen molar-refractivity contribution in [2.75, 3.05) is 0 Å². The highest BCUT2D eigenvalue weighted by atomic mass is 14.4. The predicted octanol–water partition coefficient (Wildman–Crippen LogP) is 11.4. The van der Waals surface area contributed by atoms with Crippen LogP contribution >= 0.6 is 0 Å². The van der Waals surface area contributed by atoms with Crippen molar-refractivity contribution in [1.82, 2.24) is 0 Å². The van der Waals surface area contributed by atoms with E-state index in [-0.39, 0.29) is 5.41 Å². The second kappa shape index (κ2) is 8.05. The fourth-order valence-electron chi connectivity index (χ4n) is 7.75. The van der Waals surface area contributed by atoms with Crippen LogP contribution in [-0.2, 0) is 5.41 Å². The van der Waals surface area contributed by atoms with Gasteiger partial charge in [-0.2, -0.15) is 0 Å². The molecule has 41 heavy (non-hydrogen) atoms. The van der Waals surface area contributed by atoms with Crippen molar-refractivity contribution in [1.29, 1.82) is 0 Å². The van der Waals surface area contributed by atoms with Crippen molar-refractivity contribution in [3.05, 3.63) is 145 Å². The molecule has 0 aromatic heterocycles. The maximum absolute atomic E-state index is 2.40. The molecular weight excluding hydrogens is 492 g/mol. The molecule has 0 unspecified atom stereocenters. The molecule has 0 N–H and O–H groups in total. The second-order valence-electron chi connectivity index (χ2n) is 12.1. The molecule has 0 radical (unpaired) electrons. The van der Waals surface area contributed by atoms with Crippen LogP contribution in [0, 0.1) is 0 Å². The third-order valence-corrected chi connectivity index (χ3v) is 9.57. The topological polar surface area (TPSA) is 0 Å². The molecular formula is C41H28. The number of hydrogen-bond donors (Lipinski definition) is 0. The Kier molecular flexibility index (Phi) is 4.49. The summed E-state index contributed by atoms with van der Waals surface area (Å²) in [4.78, 5) is 0. The minimum atomic E-state index is -0.122. The van der Waals surface area contributed by atoms with Crippen molar-refractivity contribution < 1.29 is 0 Å². The van der Waals surface area contributed by atoms with Crippen LogP contribution in [0.1, 0.15) is 25.0 Å². The number of benzene rings is 8. The molecule has 192 valence electrons. The Morgan fingerprint density at radius 3 is 1.73 bits per heavy atom. The first-order valence-electron chi connectivity index (χ1n) is 14.5. The van der Waals surface area contributed by atoms with Gasteiger partial charge in [-0.1, -0.05) is 141 Å². The highest BCUT2D eigenvalue weighted by molar-refractivity contribution is 6.25. The molecule has 0 atom stereocenters. The van der Waals surface area contributed by atoms with Crippen molar-refractivity contribution in [3.63, 3.8) is 0 Å². The van der Waals surface area contributed by atoms with E-state index < -0.39 is 0 Å². The first-order valence-corrected chi connectivity index (χ1v) is 14.5. The zero-order valence-corrected chi connectivity index (χ0v) is 23.2. The molecule has 0 saturated heterocycles. The molecule has 8 aromatic carbocycles. The van der Waals surface area contributed by atoms with Gasteiger partial charge < -0.3 is 0 Å². The zero-order chi connectivity index (χ0) is 27.3. The van der Waals surface area contributed by atoms with Gasteiger partial charge >= 0.3 is 0 Å². The first-order chi connectivity index (χ1) is 20.1. The molecule has 1 aliphatic carbocycles. The van der Waals surface area contributed by atoms with Crippen LogP contribution in [-0.4, -0.2) is 0 Å². The normalized spacial score (nSPS) is 13.8. The standard InChI is InChI=1S/C41H28/c1-41(2)36-17-6-11-25-10-5-15-33(38(25)36)35-16-7-14-32(40(35)41)30-13-4-12-29(24-30)31-22-20-28-19-18-26-8-3-9-27-21-23-34(31)39(28)37(26)27/h3-24H,1-2H3. The number of fused-ring (bicyclic) bond motifs is 2. The lowest BCUT2D eigenvalue weighted by Gasteiger charge is -2.37. The van der Waals surface area contributed by atoms with E-state index >= 15 is 0 Å². The Morgan fingerprint density at radius 2 is 0.927 bits per heavy atom. The maximum atomic E-state index is 2.40. The number of rotatable bonds is 2. The molecule has 0 amide bonds. The van der Waals surface area contributed by atoms with E-state index in [9.17, 15) is 0 Å². The zero-order valence-electron chi connectivity index (χ0n) is 23.2. The molecule has 8 aromatic rings. The van der Waals surface area contributed by atoms with Gasteiger partial charge in [-0.15, -0.1) is 0 Å². The van der Waals surface area contributed by atoms with Gasteiger partial charge in [-0.3, -0.25) is 0 Å². The van der Waals surface area contributed by atoms with E-state index in [1.807, 2.05) is 0 Å². The van der Waals surface area contributed by atoms with Gasteiger partial charge in [0.15, 0.2) is 0 Å². The van der Waals surface area contributed by atoms with Gasteiger partial charge in [0.25, 0.3) is 0 Å². The predicted molar refractivity (Wildman–Crippen MR) is 176 cm³/mol. The van der Waals surface area contributed by atoms with Gasteiger partial charge in [0.05, 0.1) is 0 Å². The maximum Gasteiger partial charge on any atom is 0.0165 e. The highest BCUT2D eigenvalue weighted by Crippen LogP contribution is 2.52. The lowest BCUT2D eigenvalue weighted by Crippen LogP contribution is -2.24. The van der Waals surface area contributed by atoms with Gasteiger partial charge in [0.1, 0.15) is 0 Å². The minimum Gasteiger partial charge on any atom is -0.0613 e. The molecule has 0 saturated carbocycles. The lowest BCUT2D eigenvalue weighted by atomic mass is 9.66. The van der Waals surface area contributed by atoms with E-state index in [0.29, 0.717) is 0 Å². The summed E-state index contributed by atoms with van der Waals surface area (Å²) < 4.78 is 0. The first kappa shape index (κ1) is 22.8. The smallest absolute Gasteiger partial charge is 0.0165 e. The van der Waals surface area contributed by atoms with Crippen molar-refractivity contribution in [2.45, 2.75) is 19.3 Å². The quantitative estimate of drug-likeness (QED) is 0.199. The van der Waals surface area contributed by atoms with E-state index in [1.165, 1.54) is 87.6 Å². The summed E-state index contributed by atoms with van der Waals surface area (Å²) in [5.74, 6) is 0. The molecule has 0 heterocycles. The Balaban J connectivity index is 1.28. The largest absolute Gasteiger partial charge is 0.0613 e. The summed E-state index contributed by atoms with van der Waals surface area (Å²) in [6.45, 7) is 4.79. The van der Waals surface area contributed by atoms with E-state index in [1.54, 1.807) is 0 Å². The Hall–Kier alpha value is -4.94. The fourth-order valence-corrected chi connectivity index (χ4v) is 7.75. The lowest BCUT2D eigenvalue weighted by molar-refractivity contribution is 0.647. The summed E-state index contributed by atoms with van der Waals surface area (Å²) >= 11 is 0. The Bertz CT molecular complexity index is 2310. The second-order valence-corrected chi connectivity index (χ2v) is 12.1. The summed E-state index contributed by atoms with van der Waals surface area (Å²) in [6.07, 6.45) is 0. The van der Waals surface area contributed by atoms with Gasteiger partial charge in [-0.25, -0.2) is 0 Å². The van der Waals surface area contributed by atoms with Crippen LogP contribution in [0.15, 0.2) is 133 Å². The summed E-state index contributed by atoms with van der Waals surface area (Å²) in [5, 5.41) is 10.7. The van der Waals surface area contributed by atoms with E-state index in [0.717, 1.165) is 0 Å². The van der Waals surface area contributed by atoms with Crippen molar-refractivity contribution in [2.24, 2.45) is 0 Å². The van der Waals surface area contributed by atoms with Crippen LogP contribution in [0.4, 0.5) is 0 Å². The van der Waals surface area contributed by atoms with Crippen LogP contribution in [0.3, 0.4) is 0 Å². The van der Waals surface area contributed by atoms with Crippen molar-refractivity contribution in [3.8, 4) is 33.4 Å². The van der Waals surface area contributed by atoms with E-state index in [2.05, 4.69) is 147 Å². The SMILES string of the molecule is CC1(C)c2c(-c3cccc(-c4ccc5ccc6cccc7ccc4c5c67)c3)cccc2-c2cccc3cccc1c23. The molecule has 0 bridgehead atoms. The highest BCUT2D eigenvalue weighted by Gasteiger charge is 2.35. The van der Waals surface area contributed by atoms with Crippen LogP contribution in [0.25, 0.3) is 76.5 Å². The molecule has 0 fully saturated rings. The summed E-state index contributed by atoms with van der Waals surface area (Å²) in [5.41, 5.74) is 10.5. The fraction of sp³-hybridized carbons (Fsp3) is 0.0732. The monoisotopic (exact) mass is 520 g/mol. The summed E-state index contributed by atoms with van der Waals surface area (Å²) in [6, 6.07) is 49.9. The summed E-state index contributed by atoms with van der Waals surface area (Å²) in [7, 11) is 0. The van der Waals surface area contributed by atoms with Crippen LogP contribution in [0.5, 0.6) is 0 Å². The number of hydrogen-bond acceptors (Lipinski definition) is 0. The van der Waals surface area contributed by atoms with Crippen LogP contribution < -0.4 is 0 Å². The Labute approximate surface area is 239 Å². The van der Waals surface area contributed by atoms with Crippen molar-refractivity contribution >= 4 is 43.1 Å². The molecule has 0 aliphatic heterocycles. The Morgan fingerprint density at radius 1 is 0.390 bits per heavy atom. The minimum absolute atomic E-state index is 0.122. The average Bonchev–Trinajstić information content (AvgIpc) is 3.02. The van der Waals surface area contributed by atoms with E-state index in [4.69, 9.17) is 0 Å². The third-order valence-electron chi connectivity index (χ3n) is 9.57. The third kappa shape index (κ3) is 3.05. The van der Waals surface area contributed by atoms with Crippen LogP contribution in [0.2, 0.25) is 0 Å². The molecule has 9 rings (SSSR count). The van der Waals surface area contributed by atoms with Gasteiger partial charge in [0.2, 0.25) is 0 Å². The molecule has 0 heteroatoms. The van der Waals surface area contributed by atoms with Gasteiger partial charge in [0, 0.05) is 5.41 Å².